The quantitative estimate of drug-likeness (QED) is 0.508. The van der Waals surface area contributed by atoms with Gasteiger partial charge in [0.2, 0.25) is 5.88 Å². The molecule has 0 unspecified atom stereocenters. The van der Waals surface area contributed by atoms with Crippen molar-refractivity contribution in [3.63, 3.8) is 0 Å². The Bertz CT molecular complexity index is 813. The summed E-state index contributed by atoms with van der Waals surface area (Å²) >= 11 is 6.35. The van der Waals surface area contributed by atoms with Crippen molar-refractivity contribution < 1.29 is 9.47 Å². The second-order valence-corrected chi connectivity index (χ2v) is 6.49. The number of nitrogens with one attached hydrogen (secondary N) is 1. The molecule has 0 bridgehead atoms. The molecule has 140 valence electrons. The number of rotatable bonds is 10. The molecular weight excluding hydrogens is 360 g/mol. The Morgan fingerprint density at radius 1 is 0.889 bits per heavy atom. The molecule has 0 spiro atoms. The normalized spacial score (nSPS) is 10.6. The molecule has 3 rings (SSSR count). The fraction of sp³-hybridized carbons (Fsp3) is 0.227. The van der Waals surface area contributed by atoms with E-state index < -0.39 is 0 Å². The lowest BCUT2D eigenvalue weighted by Gasteiger charge is -2.10. The molecule has 0 amide bonds. The van der Waals surface area contributed by atoms with E-state index in [9.17, 15) is 0 Å². The molecule has 2 aromatic carbocycles. The van der Waals surface area contributed by atoms with Crippen LogP contribution in [0.5, 0.6) is 11.6 Å². The monoisotopic (exact) mass is 382 g/mol. The summed E-state index contributed by atoms with van der Waals surface area (Å²) in [7, 11) is 0. The Kier molecular flexibility index (Phi) is 7.51. The largest absolute Gasteiger partial charge is 0.487 e. The molecular formula is C22H23ClN2O2. The van der Waals surface area contributed by atoms with Crippen LogP contribution in [0.2, 0.25) is 5.02 Å². The van der Waals surface area contributed by atoms with E-state index in [2.05, 4.69) is 10.3 Å². The fourth-order valence-electron chi connectivity index (χ4n) is 2.55. The third-order valence-electron chi connectivity index (χ3n) is 3.95. The summed E-state index contributed by atoms with van der Waals surface area (Å²) in [6, 6.07) is 21.6. The van der Waals surface area contributed by atoms with Gasteiger partial charge in [-0.15, -0.1) is 0 Å². The number of aromatic nitrogens is 1. The zero-order valence-corrected chi connectivity index (χ0v) is 15.9. The molecule has 27 heavy (non-hydrogen) atoms. The third kappa shape index (κ3) is 6.59. The highest BCUT2D eigenvalue weighted by Gasteiger charge is 2.04. The molecule has 5 heteroatoms. The summed E-state index contributed by atoms with van der Waals surface area (Å²) in [5, 5.41) is 4.02. The van der Waals surface area contributed by atoms with Crippen LogP contribution < -0.4 is 14.8 Å². The molecule has 0 aliphatic heterocycles. The van der Waals surface area contributed by atoms with Gasteiger partial charge in [-0.1, -0.05) is 54.1 Å². The summed E-state index contributed by atoms with van der Waals surface area (Å²) in [6.07, 6.45) is 2.63. The van der Waals surface area contributed by atoms with Crippen LogP contribution in [0.4, 0.5) is 0 Å². The minimum Gasteiger partial charge on any atom is -0.487 e. The van der Waals surface area contributed by atoms with Crippen LogP contribution in [0.1, 0.15) is 17.5 Å². The van der Waals surface area contributed by atoms with Crippen LogP contribution in [0, 0.1) is 0 Å². The molecule has 0 fully saturated rings. The highest BCUT2D eigenvalue weighted by Crippen LogP contribution is 2.26. The Balaban J connectivity index is 1.36. The van der Waals surface area contributed by atoms with Gasteiger partial charge in [-0.3, -0.25) is 0 Å². The van der Waals surface area contributed by atoms with Crippen LogP contribution in [0.25, 0.3) is 0 Å². The Morgan fingerprint density at radius 2 is 1.74 bits per heavy atom. The number of hydrogen-bond acceptors (Lipinski definition) is 4. The van der Waals surface area contributed by atoms with E-state index in [0.29, 0.717) is 29.9 Å². The van der Waals surface area contributed by atoms with E-state index in [-0.39, 0.29) is 0 Å². The summed E-state index contributed by atoms with van der Waals surface area (Å²) in [6.45, 7) is 2.75. The molecule has 4 nitrogen and oxygen atoms in total. The van der Waals surface area contributed by atoms with Crippen molar-refractivity contribution in [1.82, 2.24) is 10.3 Å². The molecule has 1 aromatic heterocycles. The lowest BCUT2D eigenvalue weighted by atomic mass is 10.2. The van der Waals surface area contributed by atoms with Crippen molar-refractivity contribution in [2.75, 3.05) is 13.2 Å². The Labute approximate surface area is 165 Å². The van der Waals surface area contributed by atoms with Crippen LogP contribution in [-0.2, 0) is 13.2 Å². The molecule has 0 aliphatic carbocycles. The zero-order chi connectivity index (χ0) is 18.7. The van der Waals surface area contributed by atoms with Crippen LogP contribution in [0.15, 0.2) is 72.9 Å². The van der Waals surface area contributed by atoms with Crippen molar-refractivity contribution in [2.45, 2.75) is 19.6 Å². The highest BCUT2D eigenvalue weighted by atomic mass is 35.5. The van der Waals surface area contributed by atoms with Crippen molar-refractivity contribution in [3.05, 3.63) is 89.1 Å². The first-order valence-electron chi connectivity index (χ1n) is 9.01. The third-order valence-corrected chi connectivity index (χ3v) is 4.24. The van der Waals surface area contributed by atoms with Crippen molar-refractivity contribution in [3.8, 4) is 11.6 Å². The van der Waals surface area contributed by atoms with Gasteiger partial charge in [0.15, 0.2) is 0 Å². The first kappa shape index (κ1) is 19.2. The first-order chi connectivity index (χ1) is 13.3. The predicted molar refractivity (Wildman–Crippen MR) is 108 cm³/mol. The van der Waals surface area contributed by atoms with Crippen LogP contribution in [0.3, 0.4) is 0 Å². The van der Waals surface area contributed by atoms with Gasteiger partial charge in [0, 0.05) is 18.8 Å². The van der Waals surface area contributed by atoms with E-state index in [1.807, 2.05) is 66.7 Å². The van der Waals surface area contributed by atoms with Gasteiger partial charge in [-0.2, -0.15) is 0 Å². The highest BCUT2D eigenvalue weighted by molar-refractivity contribution is 6.32. The van der Waals surface area contributed by atoms with E-state index in [4.69, 9.17) is 21.1 Å². The Morgan fingerprint density at radius 3 is 2.52 bits per heavy atom. The topological polar surface area (TPSA) is 43.4 Å². The average molecular weight is 383 g/mol. The number of ether oxygens (including phenoxy) is 2. The predicted octanol–water partition coefficient (Wildman–Crippen LogP) is 4.87. The number of nitrogens with zero attached hydrogens (tertiary/aromatic N) is 1. The lowest BCUT2D eigenvalue weighted by molar-refractivity contribution is 0.296. The molecule has 0 aliphatic rings. The number of hydrogen-bond donors (Lipinski definition) is 1. The van der Waals surface area contributed by atoms with E-state index in [1.165, 1.54) is 0 Å². The summed E-state index contributed by atoms with van der Waals surface area (Å²) in [4.78, 5) is 4.13. The van der Waals surface area contributed by atoms with Crippen molar-refractivity contribution in [1.29, 1.82) is 0 Å². The van der Waals surface area contributed by atoms with Gasteiger partial charge >= 0.3 is 0 Å². The maximum Gasteiger partial charge on any atom is 0.213 e. The van der Waals surface area contributed by atoms with Crippen LogP contribution in [-0.4, -0.2) is 18.1 Å². The van der Waals surface area contributed by atoms with Gasteiger partial charge in [-0.25, -0.2) is 4.98 Å². The SMILES string of the molecule is Clc1cc(CNCCCOc2ccccn2)ccc1OCc1ccccc1. The summed E-state index contributed by atoms with van der Waals surface area (Å²) in [5.41, 5.74) is 2.24. The van der Waals surface area contributed by atoms with Crippen LogP contribution >= 0.6 is 11.6 Å². The molecule has 0 saturated heterocycles. The molecule has 0 saturated carbocycles. The van der Waals surface area contributed by atoms with Gasteiger partial charge in [0.1, 0.15) is 12.4 Å². The maximum absolute atomic E-state index is 6.35. The van der Waals surface area contributed by atoms with Gasteiger partial charge in [0.25, 0.3) is 0 Å². The standard InChI is InChI=1S/C22H23ClN2O2/c23-20-15-19(10-11-21(20)27-17-18-7-2-1-3-8-18)16-24-12-6-14-26-22-9-4-5-13-25-22/h1-5,7-11,13,15,24H,6,12,14,16-17H2. The number of pyridine rings is 1. The molecule has 3 aromatic rings. The smallest absolute Gasteiger partial charge is 0.213 e. The molecule has 0 radical (unpaired) electrons. The summed E-state index contributed by atoms with van der Waals surface area (Å²) < 4.78 is 11.4. The minimum absolute atomic E-state index is 0.508. The zero-order valence-electron chi connectivity index (χ0n) is 15.1. The van der Waals surface area contributed by atoms with Gasteiger partial charge in [0.05, 0.1) is 11.6 Å². The van der Waals surface area contributed by atoms with Gasteiger partial charge < -0.3 is 14.8 Å². The second kappa shape index (κ2) is 10.6. The minimum atomic E-state index is 0.508. The molecule has 0 atom stereocenters. The summed E-state index contributed by atoms with van der Waals surface area (Å²) in [5.74, 6) is 1.36. The lowest BCUT2D eigenvalue weighted by Crippen LogP contribution is -2.17. The van der Waals surface area contributed by atoms with Crippen molar-refractivity contribution in [2.24, 2.45) is 0 Å². The molecule has 1 heterocycles. The second-order valence-electron chi connectivity index (χ2n) is 6.09. The van der Waals surface area contributed by atoms with Gasteiger partial charge in [-0.05, 0) is 42.3 Å². The number of halogens is 1. The van der Waals surface area contributed by atoms with E-state index in [0.717, 1.165) is 30.6 Å². The van der Waals surface area contributed by atoms with Crippen molar-refractivity contribution >= 4 is 11.6 Å². The first-order valence-corrected chi connectivity index (χ1v) is 9.39. The number of benzene rings is 2. The fourth-order valence-corrected chi connectivity index (χ4v) is 2.80. The van der Waals surface area contributed by atoms with E-state index in [1.54, 1.807) is 6.20 Å². The Hall–Kier alpha value is -2.56. The average Bonchev–Trinajstić information content (AvgIpc) is 2.71. The maximum atomic E-state index is 6.35. The molecule has 1 N–H and O–H groups in total. The van der Waals surface area contributed by atoms with E-state index >= 15 is 0 Å².